The molecule has 0 unspecified atom stereocenters. The van der Waals surface area contributed by atoms with Crippen molar-refractivity contribution in [2.75, 3.05) is 0 Å². The van der Waals surface area contributed by atoms with Gasteiger partial charge in [-0.3, -0.25) is 10.1 Å². The summed E-state index contributed by atoms with van der Waals surface area (Å²) < 4.78 is 5.22. The Bertz CT molecular complexity index is 657. The lowest BCUT2D eigenvalue weighted by molar-refractivity contribution is -0.380. The van der Waals surface area contributed by atoms with Gasteiger partial charge in [-0.25, -0.2) is 9.78 Å². The Morgan fingerprint density at radius 1 is 1.53 bits per heavy atom. The number of hydrogen-bond acceptors (Lipinski definition) is 6. The highest BCUT2D eigenvalue weighted by molar-refractivity contribution is 7.16. The van der Waals surface area contributed by atoms with Crippen molar-refractivity contribution in [3.63, 3.8) is 0 Å². The molecule has 2 aromatic rings. The Balaban J connectivity index is 2.33. The smallest absolute Gasteiger partial charge is 0.347 e. The molecule has 2 rings (SSSR count). The second kappa shape index (κ2) is 5.21. The molecule has 1 heterocycles. The van der Waals surface area contributed by atoms with Gasteiger partial charge in [0.1, 0.15) is 17.5 Å². The number of rotatable bonds is 4. The van der Waals surface area contributed by atoms with Gasteiger partial charge in [0.15, 0.2) is 0 Å². The number of carbonyl (C=O) groups is 1. The maximum atomic E-state index is 11.0. The highest BCUT2D eigenvalue weighted by atomic mass is 35.5. The van der Waals surface area contributed by atoms with Gasteiger partial charge in [-0.05, 0) is 23.5 Å². The fraction of sp³-hybridized carbons (Fsp3) is 0. The minimum atomic E-state index is -1.20. The second-order valence-corrected chi connectivity index (χ2v) is 4.68. The van der Waals surface area contributed by atoms with Crippen LogP contribution >= 0.6 is 22.9 Å². The number of benzene rings is 1. The van der Waals surface area contributed by atoms with Crippen LogP contribution in [0.15, 0.2) is 24.4 Å². The van der Waals surface area contributed by atoms with Crippen LogP contribution in [0, 0.1) is 10.1 Å². The minimum absolute atomic E-state index is 0.0238. The number of ether oxygens (including phenoxy) is 1. The van der Waals surface area contributed by atoms with E-state index >= 15 is 0 Å². The van der Waals surface area contributed by atoms with E-state index in [9.17, 15) is 14.9 Å². The zero-order chi connectivity index (χ0) is 14.0. The summed E-state index contributed by atoms with van der Waals surface area (Å²) in [5, 5.41) is 19.5. The van der Waals surface area contributed by atoms with Crippen LogP contribution in [0.25, 0.3) is 0 Å². The normalized spacial score (nSPS) is 10.2. The zero-order valence-corrected chi connectivity index (χ0v) is 10.6. The molecular formula is C10H5ClN2O5S. The number of halogens is 1. The number of aromatic carboxylic acids is 1. The Labute approximate surface area is 115 Å². The first-order valence-corrected chi connectivity index (χ1v) is 5.97. The summed E-state index contributed by atoms with van der Waals surface area (Å²) >= 11 is 6.44. The molecule has 0 spiro atoms. The van der Waals surface area contributed by atoms with E-state index in [1.54, 1.807) is 0 Å². The molecule has 1 N–H and O–H groups in total. The summed E-state index contributed by atoms with van der Waals surface area (Å²) in [7, 11) is 0. The maximum absolute atomic E-state index is 11.0. The molecule has 0 aliphatic rings. The van der Waals surface area contributed by atoms with Crippen molar-refractivity contribution < 1.29 is 19.6 Å². The molecule has 0 aliphatic heterocycles. The average Bonchev–Trinajstić information content (AvgIpc) is 2.77. The van der Waals surface area contributed by atoms with Crippen molar-refractivity contribution in [1.29, 1.82) is 0 Å². The van der Waals surface area contributed by atoms with Crippen molar-refractivity contribution in [1.82, 2.24) is 4.98 Å². The van der Waals surface area contributed by atoms with E-state index in [1.165, 1.54) is 18.2 Å². The first-order chi connectivity index (χ1) is 8.97. The Hall–Kier alpha value is -2.19. The highest BCUT2D eigenvalue weighted by Crippen LogP contribution is 2.33. The Morgan fingerprint density at radius 2 is 2.26 bits per heavy atom. The molecule has 0 atom stereocenters. The average molecular weight is 301 g/mol. The second-order valence-electron chi connectivity index (χ2n) is 3.27. The molecule has 0 radical (unpaired) electrons. The van der Waals surface area contributed by atoms with Gasteiger partial charge in [-0.2, -0.15) is 0 Å². The summed E-state index contributed by atoms with van der Waals surface area (Å²) in [6, 6.07) is 3.99. The monoisotopic (exact) mass is 300 g/mol. The van der Waals surface area contributed by atoms with Crippen molar-refractivity contribution >= 4 is 33.9 Å². The largest absolute Gasteiger partial charge is 0.478 e. The molecular weight excluding hydrogens is 296 g/mol. The summed E-state index contributed by atoms with van der Waals surface area (Å²) in [6.07, 6.45) is 1.03. The van der Waals surface area contributed by atoms with Crippen LogP contribution in [-0.2, 0) is 0 Å². The van der Waals surface area contributed by atoms with Crippen molar-refractivity contribution in [3.8, 4) is 10.9 Å². The van der Waals surface area contributed by atoms with Crippen molar-refractivity contribution in [3.05, 3.63) is 45.1 Å². The van der Waals surface area contributed by atoms with Gasteiger partial charge in [0.05, 0.1) is 4.92 Å². The van der Waals surface area contributed by atoms with Crippen molar-refractivity contribution in [2.24, 2.45) is 0 Å². The predicted molar refractivity (Wildman–Crippen MR) is 67.3 cm³/mol. The number of aromatic nitrogens is 1. The van der Waals surface area contributed by atoms with Gasteiger partial charge in [0, 0.05) is 11.1 Å². The van der Waals surface area contributed by atoms with E-state index in [0.29, 0.717) is 11.3 Å². The third-order valence-electron chi connectivity index (χ3n) is 2.02. The summed E-state index contributed by atoms with van der Waals surface area (Å²) in [5.41, 5.74) is -0.109. The van der Waals surface area contributed by atoms with E-state index in [4.69, 9.17) is 21.4 Å². The number of thiazole rings is 1. The van der Waals surface area contributed by atoms with Crippen LogP contribution in [0.4, 0.5) is 5.00 Å². The van der Waals surface area contributed by atoms with E-state index in [-0.39, 0.29) is 26.5 Å². The zero-order valence-electron chi connectivity index (χ0n) is 9.07. The fourth-order valence-corrected chi connectivity index (χ4v) is 1.99. The van der Waals surface area contributed by atoms with Gasteiger partial charge in [0.25, 0.3) is 5.19 Å². The molecule has 1 aromatic heterocycles. The molecule has 98 valence electrons. The fourth-order valence-electron chi connectivity index (χ4n) is 1.23. The van der Waals surface area contributed by atoms with Crippen LogP contribution in [0.3, 0.4) is 0 Å². The number of carboxylic acid groups (broad SMARTS) is 1. The molecule has 0 fully saturated rings. The van der Waals surface area contributed by atoms with Gasteiger partial charge >= 0.3 is 11.0 Å². The molecule has 1 aromatic carbocycles. The first-order valence-electron chi connectivity index (χ1n) is 4.78. The topological polar surface area (TPSA) is 103 Å². The summed E-state index contributed by atoms with van der Waals surface area (Å²) in [4.78, 5) is 24.6. The molecule has 7 nitrogen and oxygen atoms in total. The Morgan fingerprint density at radius 3 is 2.84 bits per heavy atom. The molecule has 9 heteroatoms. The van der Waals surface area contributed by atoms with Gasteiger partial charge < -0.3 is 9.84 Å². The van der Waals surface area contributed by atoms with Crippen molar-refractivity contribution in [2.45, 2.75) is 0 Å². The van der Waals surface area contributed by atoms with Gasteiger partial charge in [-0.1, -0.05) is 11.6 Å². The quantitative estimate of drug-likeness (QED) is 0.687. The third kappa shape index (κ3) is 2.98. The molecule has 19 heavy (non-hydrogen) atoms. The summed E-state index contributed by atoms with van der Waals surface area (Å²) in [6.45, 7) is 0. The lowest BCUT2D eigenvalue weighted by atomic mass is 10.2. The van der Waals surface area contributed by atoms with E-state index in [0.717, 1.165) is 6.20 Å². The van der Waals surface area contributed by atoms with Crippen LogP contribution in [0.2, 0.25) is 5.02 Å². The van der Waals surface area contributed by atoms with E-state index in [2.05, 4.69) is 4.98 Å². The first kappa shape index (κ1) is 13.2. The van der Waals surface area contributed by atoms with Gasteiger partial charge in [-0.15, -0.1) is 0 Å². The number of nitrogens with zero attached hydrogens (tertiary/aromatic N) is 2. The molecule has 0 saturated heterocycles. The number of carboxylic acids is 1. The molecule has 0 bridgehead atoms. The van der Waals surface area contributed by atoms with E-state index in [1.807, 2.05) is 0 Å². The molecule has 0 saturated carbocycles. The number of hydrogen-bond donors (Lipinski definition) is 1. The van der Waals surface area contributed by atoms with Crippen LogP contribution < -0.4 is 4.74 Å². The van der Waals surface area contributed by atoms with E-state index < -0.39 is 10.9 Å². The summed E-state index contributed by atoms with van der Waals surface area (Å²) in [5.74, 6) is -1.22. The molecule has 0 amide bonds. The van der Waals surface area contributed by atoms with Crippen LogP contribution in [0.5, 0.6) is 10.9 Å². The Kier molecular flexibility index (Phi) is 3.63. The van der Waals surface area contributed by atoms with Crippen LogP contribution in [0.1, 0.15) is 10.4 Å². The highest BCUT2D eigenvalue weighted by Gasteiger charge is 2.17. The lowest BCUT2D eigenvalue weighted by Gasteiger charge is -2.05. The lowest BCUT2D eigenvalue weighted by Crippen LogP contribution is -1.99. The maximum Gasteiger partial charge on any atom is 0.347 e. The van der Waals surface area contributed by atoms with Crippen LogP contribution in [-0.4, -0.2) is 21.0 Å². The SMILES string of the molecule is O=C(O)c1ccc(Cl)cc1Oc1ncc([N+](=O)[O-])s1. The molecule has 0 aliphatic carbocycles. The third-order valence-corrected chi connectivity index (χ3v) is 3.09. The number of nitro groups is 1. The standard InChI is InChI=1S/C10H5ClN2O5S/c11-5-1-2-6(9(14)15)7(3-5)18-10-12-4-8(19-10)13(16)17/h1-4H,(H,14,15). The van der Waals surface area contributed by atoms with Gasteiger partial charge in [0.2, 0.25) is 0 Å². The minimum Gasteiger partial charge on any atom is -0.478 e. The predicted octanol–water partition coefficient (Wildman–Crippen LogP) is 3.20.